The van der Waals surface area contributed by atoms with Gasteiger partial charge in [-0.25, -0.2) is 4.98 Å². The van der Waals surface area contributed by atoms with Crippen LogP contribution in [0, 0.1) is 0 Å². The standard InChI is InChI=1S/C20H17ClN2O3/c21-18-8-15(5-6-17(18)19-10-22-12-26-19)23-20(24)9-16-7-13-3-1-2-4-14(13)11-25-16/h1-6,8,10,12,16H,7,9,11H2,(H,23,24). The van der Waals surface area contributed by atoms with Crippen LogP contribution in [0.15, 0.2) is 59.5 Å². The molecule has 1 aliphatic rings. The summed E-state index contributed by atoms with van der Waals surface area (Å²) in [4.78, 5) is 16.2. The van der Waals surface area contributed by atoms with Crippen molar-refractivity contribution in [2.24, 2.45) is 0 Å². The van der Waals surface area contributed by atoms with Gasteiger partial charge in [0.25, 0.3) is 0 Å². The van der Waals surface area contributed by atoms with E-state index in [1.807, 2.05) is 12.1 Å². The highest BCUT2D eigenvalue weighted by molar-refractivity contribution is 6.33. The van der Waals surface area contributed by atoms with Crippen molar-refractivity contribution in [2.75, 3.05) is 5.32 Å². The van der Waals surface area contributed by atoms with Crippen molar-refractivity contribution < 1.29 is 13.9 Å². The average molecular weight is 369 g/mol. The van der Waals surface area contributed by atoms with Crippen LogP contribution in [-0.4, -0.2) is 17.0 Å². The minimum Gasteiger partial charge on any atom is -0.443 e. The van der Waals surface area contributed by atoms with Crippen molar-refractivity contribution in [3.63, 3.8) is 0 Å². The molecule has 0 fully saturated rings. The number of oxazole rings is 1. The second kappa shape index (κ2) is 7.32. The molecule has 0 bridgehead atoms. The van der Waals surface area contributed by atoms with E-state index in [0.29, 0.717) is 29.5 Å². The Labute approximate surface area is 156 Å². The van der Waals surface area contributed by atoms with E-state index in [2.05, 4.69) is 22.4 Å². The molecule has 1 N–H and O–H groups in total. The van der Waals surface area contributed by atoms with Crippen LogP contribution in [0.2, 0.25) is 5.02 Å². The van der Waals surface area contributed by atoms with Crippen molar-refractivity contribution in [2.45, 2.75) is 25.6 Å². The Balaban J connectivity index is 1.39. The Morgan fingerprint density at radius 1 is 1.23 bits per heavy atom. The number of halogens is 1. The zero-order valence-corrected chi connectivity index (χ0v) is 14.7. The van der Waals surface area contributed by atoms with Gasteiger partial charge in [0.15, 0.2) is 12.2 Å². The predicted octanol–water partition coefficient (Wildman–Crippen LogP) is 4.47. The molecule has 1 aromatic heterocycles. The van der Waals surface area contributed by atoms with Crippen LogP contribution in [0.3, 0.4) is 0 Å². The number of carbonyl (C=O) groups excluding carboxylic acids is 1. The van der Waals surface area contributed by atoms with E-state index in [4.69, 9.17) is 20.8 Å². The molecule has 6 heteroatoms. The first-order valence-electron chi connectivity index (χ1n) is 8.35. The summed E-state index contributed by atoms with van der Waals surface area (Å²) in [6.07, 6.45) is 3.88. The fourth-order valence-corrected chi connectivity index (χ4v) is 3.37. The van der Waals surface area contributed by atoms with Gasteiger partial charge in [-0.05, 0) is 35.7 Å². The zero-order chi connectivity index (χ0) is 17.9. The van der Waals surface area contributed by atoms with Gasteiger partial charge in [0, 0.05) is 11.3 Å². The summed E-state index contributed by atoms with van der Waals surface area (Å²) in [5, 5.41) is 3.37. The van der Waals surface area contributed by atoms with E-state index < -0.39 is 0 Å². The number of anilines is 1. The van der Waals surface area contributed by atoms with E-state index in [1.54, 1.807) is 24.4 Å². The van der Waals surface area contributed by atoms with Crippen molar-refractivity contribution in [1.82, 2.24) is 4.98 Å². The molecule has 1 atom stereocenters. The monoisotopic (exact) mass is 368 g/mol. The quantitative estimate of drug-likeness (QED) is 0.738. The zero-order valence-electron chi connectivity index (χ0n) is 13.9. The normalized spacial score (nSPS) is 16.1. The molecule has 3 aromatic rings. The van der Waals surface area contributed by atoms with Crippen LogP contribution in [0.25, 0.3) is 11.3 Å². The largest absolute Gasteiger partial charge is 0.443 e. The number of nitrogens with one attached hydrogen (secondary N) is 1. The Morgan fingerprint density at radius 2 is 2.08 bits per heavy atom. The molecule has 0 aliphatic carbocycles. The number of hydrogen-bond acceptors (Lipinski definition) is 4. The summed E-state index contributed by atoms with van der Waals surface area (Å²) in [6, 6.07) is 13.5. The SMILES string of the molecule is O=C(CC1Cc2ccccc2CO1)Nc1ccc(-c2cnco2)c(Cl)c1. The Morgan fingerprint density at radius 3 is 2.85 bits per heavy atom. The minimum atomic E-state index is -0.117. The second-order valence-corrected chi connectivity index (χ2v) is 6.63. The lowest BCUT2D eigenvalue weighted by Crippen LogP contribution is -2.27. The molecule has 1 aliphatic heterocycles. The number of rotatable bonds is 4. The number of amides is 1. The average Bonchev–Trinajstić information content (AvgIpc) is 3.16. The van der Waals surface area contributed by atoms with Crippen LogP contribution in [-0.2, 0) is 22.6 Å². The maximum absolute atomic E-state index is 12.4. The smallest absolute Gasteiger partial charge is 0.226 e. The lowest BCUT2D eigenvalue weighted by atomic mass is 9.97. The van der Waals surface area contributed by atoms with E-state index >= 15 is 0 Å². The number of aromatic nitrogens is 1. The Kier molecular flexibility index (Phi) is 4.73. The molecule has 26 heavy (non-hydrogen) atoms. The first-order valence-corrected chi connectivity index (χ1v) is 8.73. The van der Waals surface area contributed by atoms with Crippen LogP contribution in [0.1, 0.15) is 17.5 Å². The summed E-state index contributed by atoms with van der Waals surface area (Å²) in [5.74, 6) is 0.486. The molecular weight excluding hydrogens is 352 g/mol. The number of hydrogen-bond donors (Lipinski definition) is 1. The van der Waals surface area contributed by atoms with Crippen LogP contribution in [0.4, 0.5) is 5.69 Å². The molecule has 1 amide bonds. The first kappa shape index (κ1) is 16.8. The lowest BCUT2D eigenvalue weighted by molar-refractivity contribution is -0.119. The maximum Gasteiger partial charge on any atom is 0.226 e. The summed E-state index contributed by atoms with van der Waals surface area (Å²) in [5.41, 5.74) is 3.81. The van der Waals surface area contributed by atoms with Crippen molar-refractivity contribution in [3.05, 3.63) is 71.2 Å². The van der Waals surface area contributed by atoms with Gasteiger partial charge in [0.1, 0.15) is 0 Å². The van der Waals surface area contributed by atoms with E-state index in [-0.39, 0.29) is 12.0 Å². The topological polar surface area (TPSA) is 64.4 Å². The Bertz CT molecular complexity index is 925. The van der Waals surface area contributed by atoms with Gasteiger partial charge in [0.2, 0.25) is 5.91 Å². The highest BCUT2D eigenvalue weighted by atomic mass is 35.5. The lowest BCUT2D eigenvalue weighted by Gasteiger charge is -2.24. The van der Waals surface area contributed by atoms with Gasteiger partial charge in [-0.2, -0.15) is 0 Å². The van der Waals surface area contributed by atoms with Crippen molar-refractivity contribution >= 4 is 23.2 Å². The van der Waals surface area contributed by atoms with Crippen molar-refractivity contribution in [3.8, 4) is 11.3 Å². The number of benzene rings is 2. The summed E-state index contributed by atoms with van der Waals surface area (Å²) < 4.78 is 11.0. The first-order chi connectivity index (χ1) is 12.7. The maximum atomic E-state index is 12.4. The summed E-state index contributed by atoms with van der Waals surface area (Å²) in [7, 11) is 0. The highest BCUT2D eigenvalue weighted by Gasteiger charge is 2.21. The van der Waals surface area contributed by atoms with E-state index in [1.165, 1.54) is 17.5 Å². The molecule has 0 radical (unpaired) electrons. The third kappa shape index (κ3) is 3.64. The molecular formula is C20H17ClN2O3. The molecule has 1 unspecified atom stereocenters. The van der Waals surface area contributed by atoms with E-state index in [0.717, 1.165) is 12.0 Å². The van der Waals surface area contributed by atoms with Gasteiger partial charge >= 0.3 is 0 Å². The molecule has 5 nitrogen and oxygen atoms in total. The highest BCUT2D eigenvalue weighted by Crippen LogP contribution is 2.30. The van der Waals surface area contributed by atoms with Gasteiger partial charge in [-0.1, -0.05) is 35.9 Å². The minimum absolute atomic E-state index is 0.0992. The third-order valence-corrected chi connectivity index (χ3v) is 4.72. The number of ether oxygens (including phenoxy) is 1. The van der Waals surface area contributed by atoms with Gasteiger partial charge < -0.3 is 14.5 Å². The van der Waals surface area contributed by atoms with Gasteiger partial charge in [0.05, 0.1) is 30.4 Å². The van der Waals surface area contributed by atoms with Crippen LogP contribution < -0.4 is 5.32 Å². The van der Waals surface area contributed by atoms with E-state index in [9.17, 15) is 4.79 Å². The summed E-state index contributed by atoms with van der Waals surface area (Å²) in [6.45, 7) is 0.547. The number of carbonyl (C=O) groups is 1. The van der Waals surface area contributed by atoms with Crippen LogP contribution >= 0.6 is 11.6 Å². The molecule has 2 heterocycles. The summed E-state index contributed by atoms with van der Waals surface area (Å²) >= 11 is 6.29. The number of fused-ring (bicyclic) bond motifs is 1. The molecule has 132 valence electrons. The van der Waals surface area contributed by atoms with Gasteiger partial charge in [-0.15, -0.1) is 0 Å². The van der Waals surface area contributed by atoms with Gasteiger partial charge in [-0.3, -0.25) is 4.79 Å². The molecule has 0 spiro atoms. The van der Waals surface area contributed by atoms with Crippen LogP contribution in [0.5, 0.6) is 0 Å². The molecule has 0 saturated heterocycles. The third-order valence-electron chi connectivity index (χ3n) is 4.40. The fourth-order valence-electron chi connectivity index (χ4n) is 3.10. The molecule has 4 rings (SSSR count). The van der Waals surface area contributed by atoms with Crippen molar-refractivity contribution in [1.29, 1.82) is 0 Å². The Hall–Kier alpha value is -2.63. The molecule has 2 aromatic carbocycles. The predicted molar refractivity (Wildman–Crippen MR) is 98.9 cm³/mol. The fraction of sp³-hybridized carbons (Fsp3) is 0.200. The molecule has 0 saturated carbocycles. The number of nitrogens with zero attached hydrogens (tertiary/aromatic N) is 1. The second-order valence-electron chi connectivity index (χ2n) is 6.22.